The summed E-state index contributed by atoms with van der Waals surface area (Å²) in [7, 11) is 0. The fraction of sp³-hybridized carbons (Fsp3) is 0.462. The number of hydrogen-bond acceptors (Lipinski definition) is 2. The second kappa shape index (κ2) is 5.52. The van der Waals surface area contributed by atoms with Crippen LogP contribution in [0.25, 0.3) is 0 Å². The third-order valence-electron chi connectivity index (χ3n) is 2.97. The molecule has 1 atom stereocenters. The molecule has 1 aliphatic rings. The van der Waals surface area contributed by atoms with Gasteiger partial charge < -0.3 is 10.2 Å². The summed E-state index contributed by atoms with van der Waals surface area (Å²) < 4.78 is 0. The minimum Gasteiger partial charge on any atom is -0.340 e. The Morgan fingerprint density at radius 3 is 3.12 bits per heavy atom. The molecule has 1 aromatic rings. The summed E-state index contributed by atoms with van der Waals surface area (Å²) in [5.41, 5.74) is 0.980. The number of halogens is 1. The van der Waals surface area contributed by atoms with Crippen molar-refractivity contribution < 1.29 is 4.79 Å². The summed E-state index contributed by atoms with van der Waals surface area (Å²) in [5, 5.41) is 4.01. The molecule has 1 heterocycles. The number of nitrogens with one attached hydrogen (secondary N) is 1. The molecular formula is C13H17ClN2O. The van der Waals surface area contributed by atoms with Crippen LogP contribution in [0.1, 0.15) is 12.5 Å². The van der Waals surface area contributed by atoms with Gasteiger partial charge in [-0.15, -0.1) is 0 Å². The van der Waals surface area contributed by atoms with E-state index >= 15 is 0 Å². The molecule has 92 valence electrons. The SMILES string of the molecule is C[C@H]1CN(C(=O)Cc2cccc(Cl)c2)CCN1. The first kappa shape index (κ1) is 12.4. The van der Waals surface area contributed by atoms with Crippen molar-refractivity contribution in [2.24, 2.45) is 0 Å². The van der Waals surface area contributed by atoms with Crippen LogP contribution in [0.5, 0.6) is 0 Å². The Balaban J connectivity index is 1.96. The topological polar surface area (TPSA) is 32.3 Å². The van der Waals surface area contributed by atoms with Gasteiger partial charge in [0.2, 0.25) is 5.91 Å². The first-order valence-electron chi connectivity index (χ1n) is 5.91. The van der Waals surface area contributed by atoms with E-state index in [2.05, 4.69) is 12.2 Å². The van der Waals surface area contributed by atoms with Crippen LogP contribution in [-0.4, -0.2) is 36.5 Å². The van der Waals surface area contributed by atoms with Gasteiger partial charge in [0, 0.05) is 30.7 Å². The minimum absolute atomic E-state index is 0.181. The van der Waals surface area contributed by atoms with Gasteiger partial charge in [0.1, 0.15) is 0 Å². The third kappa shape index (κ3) is 3.45. The van der Waals surface area contributed by atoms with E-state index in [1.165, 1.54) is 0 Å². The van der Waals surface area contributed by atoms with Crippen molar-refractivity contribution >= 4 is 17.5 Å². The molecule has 0 saturated carbocycles. The monoisotopic (exact) mass is 252 g/mol. The van der Waals surface area contributed by atoms with Gasteiger partial charge in [0.25, 0.3) is 0 Å². The Kier molecular flexibility index (Phi) is 4.02. The van der Waals surface area contributed by atoms with Gasteiger partial charge in [0.05, 0.1) is 6.42 Å². The van der Waals surface area contributed by atoms with Gasteiger partial charge in [-0.1, -0.05) is 23.7 Å². The van der Waals surface area contributed by atoms with Crippen molar-refractivity contribution in [2.45, 2.75) is 19.4 Å². The zero-order chi connectivity index (χ0) is 12.3. The lowest BCUT2D eigenvalue weighted by Gasteiger charge is -2.32. The van der Waals surface area contributed by atoms with Gasteiger partial charge in [-0.3, -0.25) is 4.79 Å². The summed E-state index contributed by atoms with van der Waals surface area (Å²) >= 11 is 5.90. The fourth-order valence-corrected chi connectivity index (χ4v) is 2.31. The molecule has 17 heavy (non-hydrogen) atoms. The highest BCUT2D eigenvalue weighted by molar-refractivity contribution is 6.30. The third-order valence-corrected chi connectivity index (χ3v) is 3.20. The summed E-state index contributed by atoms with van der Waals surface area (Å²) in [6.07, 6.45) is 0.438. The van der Waals surface area contributed by atoms with Crippen molar-refractivity contribution in [3.05, 3.63) is 34.9 Å². The maximum Gasteiger partial charge on any atom is 0.227 e. The van der Waals surface area contributed by atoms with Crippen molar-refractivity contribution in [2.75, 3.05) is 19.6 Å². The summed E-state index contributed by atoms with van der Waals surface area (Å²) in [4.78, 5) is 14.0. The fourth-order valence-electron chi connectivity index (χ4n) is 2.09. The standard InChI is InChI=1S/C13H17ClN2O/c1-10-9-16(6-5-15-10)13(17)8-11-3-2-4-12(14)7-11/h2-4,7,10,15H,5-6,8-9H2,1H3/t10-/m0/s1. The van der Waals surface area contributed by atoms with Gasteiger partial charge in [0.15, 0.2) is 0 Å². The summed E-state index contributed by atoms with van der Waals surface area (Å²) in [6, 6.07) is 7.88. The second-order valence-corrected chi connectivity index (χ2v) is 4.94. The lowest BCUT2D eigenvalue weighted by atomic mass is 10.1. The first-order valence-corrected chi connectivity index (χ1v) is 6.28. The van der Waals surface area contributed by atoms with Crippen LogP contribution in [0.4, 0.5) is 0 Å². The van der Waals surface area contributed by atoms with E-state index in [4.69, 9.17) is 11.6 Å². The molecule has 0 aromatic heterocycles. The summed E-state index contributed by atoms with van der Waals surface area (Å²) in [5.74, 6) is 0.181. The molecule has 3 nitrogen and oxygen atoms in total. The zero-order valence-electron chi connectivity index (χ0n) is 9.95. The number of amides is 1. The van der Waals surface area contributed by atoms with Crippen LogP contribution in [-0.2, 0) is 11.2 Å². The molecule has 0 aliphatic carbocycles. The highest BCUT2D eigenvalue weighted by atomic mass is 35.5. The molecule has 1 N–H and O–H groups in total. The van der Waals surface area contributed by atoms with Crippen LogP contribution < -0.4 is 5.32 Å². The van der Waals surface area contributed by atoms with Gasteiger partial charge in [-0.05, 0) is 24.6 Å². The number of nitrogens with zero attached hydrogens (tertiary/aromatic N) is 1. The molecule has 1 saturated heterocycles. The number of hydrogen-bond donors (Lipinski definition) is 1. The largest absolute Gasteiger partial charge is 0.340 e. The first-order chi connectivity index (χ1) is 8.15. The predicted octanol–water partition coefficient (Wildman–Crippen LogP) is 1.70. The molecule has 1 fully saturated rings. The van der Waals surface area contributed by atoms with Gasteiger partial charge in [-0.25, -0.2) is 0 Å². The normalized spacial score (nSPS) is 20.4. The number of piperazine rings is 1. The number of benzene rings is 1. The minimum atomic E-state index is 0.181. The van der Waals surface area contributed by atoms with E-state index in [1.54, 1.807) is 0 Å². The molecule has 2 rings (SSSR count). The molecule has 1 aliphatic heterocycles. The number of carbonyl (C=O) groups is 1. The maximum atomic E-state index is 12.1. The van der Waals surface area contributed by atoms with Crippen molar-refractivity contribution in [3.8, 4) is 0 Å². The van der Waals surface area contributed by atoms with Crippen LogP contribution in [0.2, 0.25) is 5.02 Å². The maximum absolute atomic E-state index is 12.1. The van der Waals surface area contributed by atoms with E-state index in [0.29, 0.717) is 17.5 Å². The molecule has 4 heteroatoms. The van der Waals surface area contributed by atoms with Crippen LogP contribution in [0.3, 0.4) is 0 Å². The second-order valence-electron chi connectivity index (χ2n) is 4.50. The van der Waals surface area contributed by atoms with Crippen molar-refractivity contribution in [3.63, 3.8) is 0 Å². The summed E-state index contributed by atoms with van der Waals surface area (Å²) in [6.45, 7) is 4.56. The van der Waals surface area contributed by atoms with Crippen LogP contribution >= 0.6 is 11.6 Å². The van der Waals surface area contributed by atoms with Crippen molar-refractivity contribution in [1.29, 1.82) is 0 Å². The molecule has 1 amide bonds. The quantitative estimate of drug-likeness (QED) is 0.869. The van der Waals surface area contributed by atoms with E-state index in [9.17, 15) is 4.79 Å². The van der Waals surface area contributed by atoms with E-state index in [-0.39, 0.29) is 5.91 Å². The Bertz CT molecular complexity index is 408. The zero-order valence-corrected chi connectivity index (χ0v) is 10.7. The predicted molar refractivity (Wildman–Crippen MR) is 69.2 cm³/mol. The van der Waals surface area contributed by atoms with Gasteiger partial charge in [-0.2, -0.15) is 0 Å². The molecule has 1 aromatic carbocycles. The Morgan fingerprint density at radius 1 is 1.59 bits per heavy atom. The molecule has 0 bridgehead atoms. The van der Waals surface area contributed by atoms with Crippen LogP contribution in [0, 0.1) is 0 Å². The average molecular weight is 253 g/mol. The molecular weight excluding hydrogens is 236 g/mol. The highest BCUT2D eigenvalue weighted by Gasteiger charge is 2.20. The lowest BCUT2D eigenvalue weighted by Crippen LogP contribution is -2.51. The number of rotatable bonds is 2. The van der Waals surface area contributed by atoms with E-state index in [0.717, 1.165) is 25.2 Å². The number of carbonyl (C=O) groups excluding carboxylic acids is 1. The molecule has 0 unspecified atom stereocenters. The smallest absolute Gasteiger partial charge is 0.227 e. The Hall–Kier alpha value is -1.06. The molecule has 0 radical (unpaired) electrons. The Labute approximate surface area is 107 Å². The van der Waals surface area contributed by atoms with Gasteiger partial charge >= 0.3 is 0 Å². The van der Waals surface area contributed by atoms with Crippen LogP contribution in [0.15, 0.2) is 24.3 Å². The van der Waals surface area contributed by atoms with E-state index in [1.807, 2.05) is 29.2 Å². The highest BCUT2D eigenvalue weighted by Crippen LogP contribution is 2.12. The Morgan fingerprint density at radius 2 is 2.41 bits per heavy atom. The van der Waals surface area contributed by atoms with Crippen molar-refractivity contribution in [1.82, 2.24) is 10.2 Å². The average Bonchev–Trinajstić information content (AvgIpc) is 2.29. The van der Waals surface area contributed by atoms with E-state index < -0.39 is 0 Å². The molecule has 0 spiro atoms. The lowest BCUT2D eigenvalue weighted by molar-refractivity contribution is -0.131.